The van der Waals surface area contributed by atoms with Crippen LogP contribution >= 0.6 is 36.2 Å². The summed E-state index contributed by atoms with van der Waals surface area (Å²) in [6, 6.07) is 0. The Labute approximate surface area is 144 Å². The van der Waals surface area contributed by atoms with E-state index in [2.05, 4.69) is 30.4 Å². The van der Waals surface area contributed by atoms with Gasteiger partial charge in [-0.25, -0.2) is 4.98 Å². The lowest BCUT2D eigenvalue weighted by molar-refractivity contribution is 0.122. The van der Waals surface area contributed by atoms with E-state index in [0.717, 1.165) is 68.4 Å². The molecular formula is C12H18Cl2N6OS. The van der Waals surface area contributed by atoms with Crippen molar-refractivity contribution in [3.05, 3.63) is 11.2 Å². The van der Waals surface area contributed by atoms with E-state index in [-0.39, 0.29) is 24.8 Å². The number of morpholine rings is 1. The van der Waals surface area contributed by atoms with Crippen LogP contribution in [0.2, 0.25) is 0 Å². The standard InChI is InChI=1S/C12H16N6OS.2ClH/c1-2-18-10(7-13-1)15-16-11(18)9-8-20-12(14-9)17-3-5-19-6-4-17;;/h8,13H,1-7H2;2*1H. The van der Waals surface area contributed by atoms with Crippen molar-refractivity contribution < 1.29 is 4.74 Å². The van der Waals surface area contributed by atoms with Gasteiger partial charge < -0.3 is 19.5 Å². The number of ether oxygens (including phenoxy) is 1. The molecule has 0 spiro atoms. The molecule has 7 nitrogen and oxygen atoms in total. The van der Waals surface area contributed by atoms with Crippen molar-refractivity contribution in [2.45, 2.75) is 13.1 Å². The summed E-state index contributed by atoms with van der Waals surface area (Å²) in [5.74, 6) is 1.88. The summed E-state index contributed by atoms with van der Waals surface area (Å²) in [6.07, 6.45) is 0. The van der Waals surface area contributed by atoms with E-state index in [9.17, 15) is 0 Å². The summed E-state index contributed by atoms with van der Waals surface area (Å²) in [4.78, 5) is 7.00. The normalized spacial score (nSPS) is 17.4. The van der Waals surface area contributed by atoms with Crippen LogP contribution in [0.3, 0.4) is 0 Å². The number of halogens is 2. The highest BCUT2D eigenvalue weighted by Crippen LogP contribution is 2.27. The van der Waals surface area contributed by atoms with Crippen LogP contribution in [-0.4, -0.2) is 52.6 Å². The van der Waals surface area contributed by atoms with Crippen molar-refractivity contribution in [2.24, 2.45) is 0 Å². The molecule has 10 heteroatoms. The molecule has 2 aliphatic heterocycles. The molecule has 0 radical (unpaired) electrons. The molecule has 2 aromatic rings. The Morgan fingerprint density at radius 2 is 1.95 bits per heavy atom. The lowest BCUT2D eigenvalue weighted by Gasteiger charge is -2.26. The number of rotatable bonds is 2. The summed E-state index contributed by atoms with van der Waals surface area (Å²) in [7, 11) is 0. The number of nitrogens with one attached hydrogen (secondary N) is 1. The van der Waals surface area contributed by atoms with Gasteiger partial charge in [-0.1, -0.05) is 0 Å². The molecule has 0 amide bonds. The number of thiazole rings is 1. The smallest absolute Gasteiger partial charge is 0.186 e. The Morgan fingerprint density at radius 3 is 2.77 bits per heavy atom. The van der Waals surface area contributed by atoms with Crippen molar-refractivity contribution in [1.82, 2.24) is 25.1 Å². The number of aromatic nitrogens is 4. The molecule has 22 heavy (non-hydrogen) atoms. The molecule has 2 aromatic heterocycles. The van der Waals surface area contributed by atoms with Gasteiger partial charge in [0.25, 0.3) is 0 Å². The third-order valence-corrected chi connectivity index (χ3v) is 4.53. The molecule has 1 saturated heterocycles. The second kappa shape index (κ2) is 7.56. The summed E-state index contributed by atoms with van der Waals surface area (Å²) in [5.41, 5.74) is 0.928. The molecule has 1 fully saturated rings. The van der Waals surface area contributed by atoms with Gasteiger partial charge in [0, 0.05) is 31.6 Å². The van der Waals surface area contributed by atoms with Crippen LogP contribution in [0.1, 0.15) is 5.82 Å². The van der Waals surface area contributed by atoms with Gasteiger partial charge in [0.2, 0.25) is 0 Å². The zero-order chi connectivity index (χ0) is 13.4. The highest BCUT2D eigenvalue weighted by molar-refractivity contribution is 7.14. The van der Waals surface area contributed by atoms with Crippen molar-refractivity contribution in [3.8, 4) is 11.5 Å². The summed E-state index contributed by atoms with van der Waals surface area (Å²) >= 11 is 1.67. The summed E-state index contributed by atoms with van der Waals surface area (Å²) in [6.45, 7) is 6.03. The van der Waals surface area contributed by atoms with Gasteiger partial charge in [0.15, 0.2) is 11.0 Å². The van der Waals surface area contributed by atoms with E-state index in [4.69, 9.17) is 9.72 Å². The molecule has 4 heterocycles. The van der Waals surface area contributed by atoms with E-state index in [0.29, 0.717) is 0 Å². The van der Waals surface area contributed by atoms with E-state index in [1.54, 1.807) is 11.3 Å². The van der Waals surface area contributed by atoms with Crippen LogP contribution in [0, 0.1) is 0 Å². The third kappa shape index (κ3) is 3.21. The van der Waals surface area contributed by atoms with Gasteiger partial charge in [-0.3, -0.25) is 0 Å². The summed E-state index contributed by atoms with van der Waals surface area (Å²) < 4.78 is 7.54. The Morgan fingerprint density at radius 1 is 1.14 bits per heavy atom. The molecule has 0 bridgehead atoms. The second-order valence-corrected chi connectivity index (χ2v) is 5.72. The van der Waals surface area contributed by atoms with Gasteiger partial charge in [-0.15, -0.1) is 46.3 Å². The molecule has 122 valence electrons. The maximum absolute atomic E-state index is 5.38. The zero-order valence-electron chi connectivity index (χ0n) is 11.9. The van der Waals surface area contributed by atoms with Crippen molar-refractivity contribution >= 4 is 41.3 Å². The molecule has 0 unspecified atom stereocenters. The SMILES string of the molecule is Cl.Cl.c1sc(N2CCOCC2)nc1-c1nnc2n1CCNC2. The number of hydrogen-bond acceptors (Lipinski definition) is 7. The Kier molecular flexibility index (Phi) is 5.99. The zero-order valence-corrected chi connectivity index (χ0v) is 14.3. The Bertz CT molecular complexity index is 613. The molecule has 0 saturated carbocycles. The fourth-order valence-electron chi connectivity index (χ4n) is 2.55. The van der Waals surface area contributed by atoms with E-state index < -0.39 is 0 Å². The molecule has 2 aliphatic rings. The Balaban J connectivity index is 0.000000882. The van der Waals surface area contributed by atoms with Gasteiger partial charge in [0.05, 0.1) is 19.8 Å². The molecular weight excluding hydrogens is 347 g/mol. The van der Waals surface area contributed by atoms with Crippen LogP contribution in [0.15, 0.2) is 5.38 Å². The van der Waals surface area contributed by atoms with Crippen LogP contribution < -0.4 is 10.2 Å². The number of nitrogens with zero attached hydrogens (tertiary/aromatic N) is 5. The maximum Gasteiger partial charge on any atom is 0.186 e. The Hall–Kier alpha value is -0.930. The van der Waals surface area contributed by atoms with Gasteiger partial charge in [0.1, 0.15) is 11.5 Å². The van der Waals surface area contributed by atoms with Gasteiger partial charge in [-0.05, 0) is 0 Å². The molecule has 4 rings (SSSR count). The fourth-order valence-corrected chi connectivity index (χ4v) is 3.41. The largest absolute Gasteiger partial charge is 0.378 e. The maximum atomic E-state index is 5.38. The molecule has 0 aliphatic carbocycles. The van der Waals surface area contributed by atoms with Crippen LogP contribution in [0.4, 0.5) is 5.13 Å². The quantitative estimate of drug-likeness (QED) is 0.862. The first-order valence-corrected chi connectivity index (χ1v) is 7.71. The van der Waals surface area contributed by atoms with Crippen LogP contribution in [0.25, 0.3) is 11.5 Å². The van der Waals surface area contributed by atoms with Gasteiger partial charge in [-0.2, -0.15) is 0 Å². The third-order valence-electron chi connectivity index (χ3n) is 3.63. The molecule has 0 atom stereocenters. The molecule has 1 N–H and O–H groups in total. The average Bonchev–Trinajstić information content (AvgIpc) is 3.14. The van der Waals surface area contributed by atoms with Crippen LogP contribution in [0.5, 0.6) is 0 Å². The molecule has 0 aromatic carbocycles. The van der Waals surface area contributed by atoms with E-state index in [1.807, 2.05) is 0 Å². The van der Waals surface area contributed by atoms with Gasteiger partial charge >= 0.3 is 0 Å². The minimum Gasteiger partial charge on any atom is -0.378 e. The highest BCUT2D eigenvalue weighted by Gasteiger charge is 2.20. The monoisotopic (exact) mass is 364 g/mol. The first-order valence-electron chi connectivity index (χ1n) is 6.83. The fraction of sp³-hybridized carbons (Fsp3) is 0.583. The van der Waals surface area contributed by atoms with Crippen molar-refractivity contribution in [3.63, 3.8) is 0 Å². The predicted octanol–water partition coefficient (Wildman–Crippen LogP) is 1.18. The number of anilines is 1. The van der Waals surface area contributed by atoms with E-state index in [1.165, 1.54) is 0 Å². The number of fused-ring (bicyclic) bond motifs is 1. The van der Waals surface area contributed by atoms with E-state index >= 15 is 0 Å². The predicted molar refractivity (Wildman–Crippen MR) is 90.4 cm³/mol. The summed E-state index contributed by atoms with van der Waals surface area (Å²) in [5, 5.41) is 15.0. The first-order chi connectivity index (χ1) is 9.92. The van der Waals surface area contributed by atoms with Crippen molar-refractivity contribution in [2.75, 3.05) is 37.7 Å². The highest BCUT2D eigenvalue weighted by atomic mass is 35.5. The lowest BCUT2D eigenvalue weighted by atomic mass is 10.4. The topological polar surface area (TPSA) is 68.1 Å². The minimum atomic E-state index is 0. The first kappa shape index (κ1) is 17.4. The van der Waals surface area contributed by atoms with Crippen molar-refractivity contribution in [1.29, 1.82) is 0 Å². The lowest BCUT2D eigenvalue weighted by Crippen LogP contribution is -2.36. The van der Waals surface area contributed by atoms with Crippen LogP contribution in [-0.2, 0) is 17.8 Å². The minimum absolute atomic E-state index is 0. The second-order valence-electron chi connectivity index (χ2n) is 4.88. The number of hydrogen-bond donors (Lipinski definition) is 1. The average molecular weight is 365 g/mol.